The smallest absolute Gasteiger partial charge is 0.490 e. The van der Waals surface area contributed by atoms with E-state index in [0.717, 1.165) is 31.2 Å². The van der Waals surface area contributed by atoms with E-state index in [1.807, 2.05) is 12.1 Å². The number of ether oxygens (including phenoxy) is 1. The van der Waals surface area contributed by atoms with Crippen LogP contribution >= 0.6 is 0 Å². The average Bonchev–Trinajstić information content (AvgIpc) is 3.70. The first-order valence-electron chi connectivity index (χ1n) is 12.3. The maximum absolute atomic E-state index is 13.0. The number of rotatable bonds is 7. The number of carboxylic acid groups (broad SMARTS) is 1. The zero-order valence-electron chi connectivity index (χ0n) is 20.9. The molecule has 2 aromatic carbocycles. The highest BCUT2D eigenvalue weighted by atomic mass is 32.2. The van der Waals surface area contributed by atoms with Gasteiger partial charge in [-0.15, -0.1) is 0 Å². The molecule has 0 unspecified atom stereocenters. The molecule has 2 saturated carbocycles. The van der Waals surface area contributed by atoms with Gasteiger partial charge < -0.3 is 15.2 Å². The summed E-state index contributed by atoms with van der Waals surface area (Å²) in [6, 6.07) is 13.8. The van der Waals surface area contributed by atoms with Gasteiger partial charge in [-0.1, -0.05) is 43.9 Å². The average molecular weight is 557 g/mol. The molecule has 1 amide bonds. The van der Waals surface area contributed by atoms with Crippen LogP contribution in [0, 0.1) is 0 Å². The maximum atomic E-state index is 13.0. The van der Waals surface area contributed by atoms with Crippen molar-refractivity contribution in [2.75, 3.05) is 11.8 Å². The van der Waals surface area contributed by atoms with Gasteiger partial charge >= 0.3 is 12.1 Å². The van der Waals surface area contributed by atoms with E-state index in [1.165, 1.54) is 44.9 Å². The van der Waals surface area contributed by atoms with E-state index in [2.05, 4.69) is 10.0 Å². The first-order valence-corrected chi connectivity index (χ1v) is 13.7. The predicted octanol–water partition coefficient (Wildman–Crippen LogP) is 5.00. The molecule has 38 heavy (non-hydrogen) atoms. The molecule has 8 nitrogen and oxygen atoms in total. The Morgan fingerprint density at radius 1 is 1.00 bits per heavy atom. The lowest BCUT2D eigenvalue weighted by Crippen LogP contribution is -2.41. The summed E-state index contributed by atoms with van der Waals surface area (Å²) in [4.78, 5) is 22.1. The first kappa shape index (κ1) is 29.3. The standard InChI is InChI=1S/C24H30N2O4S.C2HF3O2/c1-30-21-9-6-10-22(17-21)31(28,29)26-20-13-11-18(12-14-20)24(15-16-24)23(27)25-19-7-4-2-3-5-8-19;3-2(4,5)1(6)7/h6,9-14,17,19,26H,2-5,7-8,15-16H2,1H3,(H,25,27);(H,6,7). The highest BCUT2D eigenvalue weighted by Crippen LogP contribution is 2.49. The van der Waals surface area contributed by atoms with E-state index in [9.17, 15) is 26.4 Å². The van der Waals surface area contributed by atoms with Gasteiger partial charge in [0.15, 0.2) is 0 Å². The van der Waals surface area contributed by atoms with Gasteiger partial charge in [0.2, 0.25) is 5.91 Å². The van der Waals surface area contributed by atoms with Gasteiger partial charge in [0.1, 0.15) is 5.75 Å². The van der Waals surface area contributed by atoms with Crippen LogP contribution in [0.4, 0.5) is 18.9 Å². The van der Waals surface area contributed by atoms with Crippen molar-refractivity contribution in [1.29, 1.82) is 0 Å². The van der Waals surface area contributed by atoms with Crippen LogP contribution < -0.4 is 14.8 Å². The minimum Gasteiger partial charge on any atom is -0.497 e. The van der Waals surface area contributed by atoms with Gasteiger partial charge in [-0.3, -0.25) is 9.52 Å². The molecule has 0 radical (unpaired) electrons. The second kappa shape index (κ2) is 12.1. The lowest BCUT2D eigenvalue weighted by molar-refractivity contribution is -0.192. The molecule has 208 valence electrons. The van der Waals surface area contributed by atoms with Crippen molar-refractivity contribution in [3.05, 3.63) is 54.1 Å². The zero-order chi connectivity index (χ0) is 28.0. The number of benzene rings is 2. The van der Waals surface area contributed by atoms with Crippen molar-refractivity contribution in [1.82, 2.24) is 5.32 Å². The van der Waals surface area contributed by atoms with Crippen molar-refractivity contribution in [3.8, 4) is 5.75 Å². The minimum absolute atomic E-state index is 0.115. The molecule has 4 rings (SSSR count). The monoisotopic (exact) mass is 556 g/mol. The van der Waals surface area contributed by atoms with Gasteiger partial charge in [-0.05, 0) is 55.5 Å². The molecule has 2 fully saturated rings. The van der Waals surface area contributed by atoms with Crippen LogP contribution in [0.1, 0.15) is 56.9 Å². The molecule has 0 spiro atoms. The van der Waals surface area contributed by atoms with Crippen molar-refractivity contribution >= 4 is 27.6 Å². The van der Waals surface area contributed by atoms with Gasteiger partial charge in [-0.2, -0.15) is 13.2 Å². The number of sulfonamides is 1. The fourth-order valence-corrected chi connectivity index (χ4v) is 5.45. The number of nitrogens with one attached hydrogen (secondary N) is 2. The third kappa shape index (κ3) is 7.62. The summed E-state index contributed by atoms with van der Waals surface area (Å²) in [6.45, 7) is 0. The molecule has 12 heteroatoms. The Hall–Kier alpha value is -3.28. The van der Waals surface area contributed by atoms with Crippen LogP contribution in [0.15, 0.2) is 53.4 Å². The molecule has 0 saturated heterocycles. The van der Waals surface area contributed by atoms with Crippen LogP contribution in [0.2, 0.25) is 0 Å². The van der Waals surface area contributed by atoms with E-state index < -0.39 is 27.6 Å². The molecule has 0 aliphatic heterocycles. The number of halogens is 3. The number of aliphatic carboxylic acids is 1. The molecule has 0 heterocycles. The topological polar surface area (TPSA) is 122 Å². The number of hydrogen-bond acceptors (Lipinski definition) is 5. The molecule has 0 bridgehead atoms. The summed E-state index contributed by atoms with van der Waals surface area (Å²) in [5, 5.41) is 10.4. The van der Waals surface area contributed by atoms with Crippen LogP contribution in [-0.2, 0) is 25.0 Å². The van der Waals surface area contributed by atoms with Crippen molar-refractivity contribution in [2.24, 2.45) is 0 Å². The van der Waals surface area contributed by atoms with Crippen molar-refractivity contribution in [2.45, 2.75) is 73.9 Å². The lowest BCUT2D eigenvalue weighted by atomic mass is 9.94. The SMILES string of the molecule is COc1cccc(S(=O)(=O)Nc2ccc(C3(C(=O)NC4CCCCCC4)CC3)cc2)c1.O=C(O)C(F)(F)F. The van der Waals surface area contributed by atoms with E-state index in [4.69, 9.17) is 14.6 Å². The number of anilines is 1. The van der Waals surface area contributed by atoms with Crippen molar-refractivity contribution < 1.29 is 41.0 Å². The van der Waals surface area contributed by atoms with E-state index >= 15 is 0 Å². The summed E-state index contributed by atoms with van der Waals surface area (Å²) in [7, 11) is -2.23. The molecule has 0 aromatic heterocycles. The number of methoxy groups -OCH3 is 1. The van der Waals surface area contributed by atoms with Gasteiger partial charge in [-0.25, -0.2) is 13.2 Å². The maximum Gasteiger partial charge on any atom is 0.490 e. The molecule has 0 atom stereocenters. The summed E-state index contributed by atoms with van der Waals surface area (Å²) in [5.41, 5.74) is 0.950. The molecule has 3 N–H and O–H groups in total. The van der Waals surface area contributed by atoms with Gasteiger partial charge in [0.05, 0.1) is 17.4 Å². The van der Waals surface area contributed by atoms with E-state index in [-0.39, 0.29) is 16.8 Å². The van der Waals surface area contributed by atoms with Crippen molar-refractivity contribution in [3.63, 3.8) is 0 Å². The van der Waals surface area contributed by atoms with E-state index in [0.29, 0.717) is 11.4 Å². The Balaban J connectivity index is 0.000000505. The van der Waals surface area contributed by atoms with Gasteiger partial charge in [0, 0.05) is 17.8 Å². The Morgan fingerprint density at radius 2 is 1.58 bits per heavy atom. The fourth-order valence-electron chi connectivity index (χ4n) is 4.36. The normalized spacial score (nSPS) is 17.3. The number of hydrogen-bond donors (Lipinski definition) is 3. The Bertz CT molecular complexity index is 1220. The Kier molecular flexibility index (Phi) is 9.29. The Morgan fingerprint density at radius 3 is 2.08 bits per heavy atom. The van der Waals surface area contributed by atoms with Crippen LogP contribution in [0.3, 0.4) is 0 Å². The largest absolute Gasteiger partial charge is 0.497 e. The first-order chi connectivity index (χ1) is 17.9. The summed E-state index contributed by atoms with van der Waals surface area (Å²) in [5.74, 6) is -2.16. The second-order valence-electron chi connectivity index (χ2n) is 9.41. The predicted molar refractivity (Wildman–Crippen MR) is 134 cm³/mol. The zero-order valence-corrected chi connectivity index (χ0v) is 21.7. The summed E-state index contributed by atoms with van der Waals surface area (Å²) in [6.07, 6.45) is 3.58. The lowest BCUT2D eigenvalue weighted by Gasteiger charge is -2.22. The number of carboxylic acids is 1. The van der Waals surface area contributed by atoms with Gasteiger partial charge in [0.25, 0.3) is 10.0 Å². The second-order valence-corrected chi connectivity index (χ2v) is 11.1. The quantitative estimate of drug-likeness (QED) is 0.413. The molecule has 2 aromatic rings. The van der Waals surface area contributed by atoms with Crippen LogP contribution in [-0.4, -0.2) is 44.7 Å². The highest BCUT2D eigenvalue weighted by Gasteiger charge is 2.51. The number of carbonyl (C=O) groups excluding carboxylic acids is 1. The van der Waals surface area contributed by atoms with Crippen LogP contribution in [0.5, 0.6) is 5.75 Å². The highest BCUT2D eigenvalue weighted by molar-refractivity contribution is 7.92. The van der Waals surface area contributed by atoms with E-state index in [1.54, 1.807) is 24.3 Å². The fraction of sp³-hybridized carbons (Fsp3) is 0.462. The Labute approximate surface area is 219 Å². The molecular formula is C26H31F3N2O6S. The number of amides is 1. The number of carbonyl (C=O) groups is 2. The molecule has 2 aliphatic rings. The summed E-state index contributed by atoms with van der Waals surface area (Å²) < 4.78 is 64.8. The minimum atomic E-state index is -5.08. The number of alkyl halides is 3. The third-order valence-corrected chi connectivity index (χ3v) is 8.04. The summed E-state index contributed by atoms with van der Waals surface area (Å²) >= 11 is 0. The molecular weight excluding hydrogens is 525 g/mol. The van der Waals surface area contributed by atoms with Crippen LogP contribution in [0.25, 0.3) is 0 Å². The molecule has 2 aliphatic carbocycles. The third-order valence-electron chi connectivity index (χ3n) is 6.66.